The van der Waals surface area contributed by atoms with Gasteiger partial charge in [0.1, 0.15) is 5.82 Å². The van der Waals surface area contributed by atoms with Gasteiger partial charge in [-0.3, -0.25) is 10.1 Å². The number of benzene rings is 2. The molecule has 21 heavy (non-hydrogen) atoms. The van der Waals surface area contributed by atoms with Crippen LogP contribution >= 0.6 is 11.6 Å². The van der Waals surface area contributed by atoms with Crippen molar-refractivity contribution < 1.29 is 9.31 Å². The normalized spacial score (nSPS) is 12.0. The maximum absolute atomic E-state index is 13.1. The van der Waals surface area contributed by atoms with Crippen LogP contribution in [0.3, 0.4) is 0 Å². The largest absolute Gasteiger partial charge is 0.381 e. The quantitative estimate of drug-likeness (QED) is 0.656. The molecule has 1 unspecified atom stereocenters. The van der Waals surface area contributed by atoms with E-state index in [2.05, 4.69) is 5.32 Å². The lowest BCUT2D eigenvalue weighted by atomic mass is 10.1. The summed E-state index contributed by atoms with van der Waals surface area (Å²) in [5, 5.41) is 14.3. The first-order valence-corrected chi connectivity index (χ1v) is 6.78. The third kappa shape index (κ3) is 4.16. The molecule has 0 fully saturated rings. The minimum atomic E-state index is -0.473. The van der Waals surface area contributed by atoms with Crippen molar-refractivity contribution in [3.8, 4) is 0 Å². The molecule has 0 aromatic heterocycles. The topological polar surface area (TPSA) is 55.2 Å². The number of nitro groups is 1. The number of nitrogens with zero attached hydrogens (tertiary/aromatic N) is 1. The van der Waals surface area contributed by atoms with Gasteiger partial charge >= 0.3 is 0 Å². The Bertz CT molecular complexity index is 664. The summed E-state index contributed by atoms with van der Waals surface area (Å²) in [7, 11) is 0. The van der Waals surface area contributed by atoms with E-state index in [9.17, 15) is 14.5 Å². The van der Waals surface area contributed by atoms with Crippen molar-refractivity contribution in [3.63, 3.8) is 0 Å². The van der Waals surface area contributed by atoms with Gasteiger partial charge in [0.2, 0.25) is 0 Å². The summed E-state index contributed by atoms with van der Waals surface area (Å²) < 4.78 is 13.1. The molecule has 2 aromatic rings. The highest BCUT2D eigenvalue weighted by Gasteiger charge is 2.12. The van der Waals surface area contributed by atoms with Gasteiger partial charge in [-0.1, -0.05) is 23.7 Å². The van der Waals surface area contributed by atoms with Crippen LogP contribution in [0.25, 0.3) is 0 Å². The average Bonchev–Trinajstić information content (AvgIpc) is 2.41. The van der Waals surface area contributed by atoms with Crippen LogP contribution in [-0.4, -0.2) is 11.0 Å². The van der Waals surface area contributed by atoms with Crippen molar-refractivity contribution in [1.82, 2.24) is 0 Å². The smallest absolute Gasteiger partial charge is 0.271 e. The van der Waals surface area contributed by atoms with Crippen LogP contribution in [-0.2, 0) is 6.42 Å². The number of hydrogen-bond acceptors (Lipinski definition) is 3. The lowest BCUT2D eigenvalue weighted by molar-refractivity contribution is -0.384. The fourth-order valence-corrected chi connectivity index (χ4v) is 2.24. The Morgan fingerprint density at radius 2 is 2.10 bits per heavy atom. The number of hydrogen-bond donors (Lipinski definition) is 1. The number of nitrogens with one attached hydrogen (secondary N) is 1. The van der Waals surface area contributed by atoms with Gasteiger partial charge in [-0.05, 0) is 37.1 Å². The van der Waals surface area contributed by atoms with Crippen LogP contribution in [0, 0.1) is 15.9 Å². The van der Waals surface area contributed by atoms with E-state index in [1.807, 2.05) is 13.0 Å². The Balaban J connectivity index is 2.10. The molecule has 0 spiro atoms. The molecule has 0 heterocycles. The molecule has 2 aromatic carbocycles. The zero-order valence-electron chi connectivity index (χ0n) is 11.3. The molecule has 1 N–H and O–H groups in total. The second kappa shape index (κ2) is 6.54. The van der Waals surface area contributed by atoms with Gasteiger partial charge < -0.3 is 5.32 Å². The van der Waals surface area contributed by atoms with E-state index in [1.165, 1.54) is 30.3 Å². The zero-order valence-corrected chi connectivity index (χ0v) is 12.1. The minimum Gasteiger partial charge on any atom is -0.381 e. The summed E-state index contributed by atoms with van der Waals surface area (Å²) in [6, 6.07) is 10.5. The van der Waals surface area contributed by atoms with E-state index < -0.39 is 4.92 Å². The molecule has 110 valence electrons. The Kier molecular flexibility index (Phi) is 4.75. The molecule has 6 heteroatoms. The zero-order chi connectivity index (χ0) is 15.4. The molecular weight excluding hydrogens is 295 g/mol. The molecule has 0 aliphatic rings. The van der Waals surface area contributed by atoms with Crippen LogP contribution in [0.4, 0.5) is 15.8 Å². The summed E-state index contributed by atoms with van der Waals surface area (Å²) in [6.07, 6.45) is 0.580. The number of halogens is 2. The Morgan fingerprint density at radius 1 is 1.33 bits per heavy atom. The van der Waals surface area contributed by atoms with Gasteiger partial charge in [-0.15, -0.1) is 0 Å². The van der Waals surface area contributed by atoms with Crippen LogP contribution in [0.1, 0.15) is 12.5 Å². The molecule has 4 nitrogen and oxygen atoms in total. The van der Waals surface area contributed by atoms with Gasteiger partial charge in [0.15, 0.2) is 0 Å². The number of nitro benzene ring substituents is 1. The Hall–Kier alpha value is -2.14. The van der Waals surface area contributed by atoms with Gasteiger partial charge in [-0.2, -0.15) is 0 Å². The van der Waals surface area contributed by atoms with Crippen molar-refractivity contribution >= 4 is 23.0 Å². The lowest BCUT2D eigenvalue weighted by Gasteiger charge is -2.16. The molecular formula is C15H14ClFN2O2. The number of rotatable bonds is 5. The molecule has 0 aliphatic carbocycles. The third-order valence-electron chi connectivity index (χ3n) is 2.99. The monoisotopic (exact) mass is 308 g/mol. The predicted molar refractivity (Wildman–Crippen MR) is 81.3 cm³/mol. The van der Waals surface area contributed by atoms with E-state index in [1.54, 1.807) is 6.07 Å². The summed E-state index contributed by atoms with van der Waals surface area (Å²) in [6.45, 7) is 1.90. The molecule has 1 atom stereocenters. The maximum atomic E-state index is 13.1. The Labute approximate surface area is 126 Å². The van der Waals surface area contributed by atoms with Crippen molar-refractivity contribution in [2.45, 2.75) is 19.4 Å². The highest BCUT2D eigenvalue weighted by atomic mass is 35.5. The number of non-ortho nitro benzene ring substituents is 1. The molecule has 0 aliphatic heterocycles. The molecule has 0 bridgehead atoms. The summed E-state index contributed by atoms with van der Waals surface area (Å²) in [4.78, 5) is 10.3. The molecule has 0 amide bonds. The van der Waals surface area contributed by atoms with E-state index in [0.29, 0.717) is 17.1 Å². The first-order valence-electron chi connectivity index (χ1n) is 6.40. The fraction of sp³-hybridized carbons (Fsp3) is 0.200. The van der Waals surface area contributed by atoms with Crippen molar-refractivity contribution in [3.05, 3.63) is 69.0 Å². The van der Waals surface area contributed by atoms with Gasteiger partial charge in [0.05, 0.1) is 15.6 Å². The average molecular weight is 309 g/mol. The van der Waals surface area contributed by atoms with Gasteiger partial charge in [-0.25, -0.2) is 4.39 Å². The predicted octanol–water partition coefficient (Wildman–Crippen LogP) is 4.43. The highest BCUT2D eigenvalue weighted by molar-refractivity contribution is 6.33. The second-order valence-corrected chi connectivity index (χ2v) is 5.21. The standard InChI is InChI=1S/C15H14ClFN2O2/c1-10(7-11-3-2-4-12(17)8-11)18-15-9-13(19(20)21)5-6-14(15)16/h2-6,8-10,18H,7H2,1H3. The van der Waals surface area contributed by atoms with Gasteiger partial charge in [0, 0.05) is 18.2 Å². The SMILES string of the molecule is CC(Cc1cccc(F)c1)Nc1cc([N+](=O)[O-])ccc1Cl. The molecule has 0 saturated heterocycles. The fourth-order valence-electron chi connectivity index (χ4n) is 2.07. The van der Waals surface area contributed by atoms with E-state index in [-0.39, 0.29) is 17.5 Å². The second-order valence-electron chi connectivity index (χ2n) is 4.80. The van der Waals surface area contributed by atoms with Crippen molar-refractivity contribution in [2.24, 2.45) is 0 Å². The van der Waals surface area contributed by atoms with E-state index in [0.717, 1.165) is 5.56 Å². The van der Waals surface area contributed by atoms with Crippen LogP contribution in [0.5, 0.6) is 0 Å². The van der Waals surface area contributed by atoms with Crippen LogP contribution < -0.4 is 5.32 Å². The van der Waals surface area contributed by atoms with Crippen LogP contribution in [0.2, 0.25) is 5.02 Å². The first-order chi connectivity index (χ1) is 9.95. The summed E-state index contributed by atoms with van der Waals surface area (Å²) in [5.74, 6) is -0.284. The third-order valence-corrected chi connectivity index (χ3v) is 3.32. The van der Waals surface area contributed by atoms with Crippen LogP contribution in [0.15, 0.2) is 42.5 Å². The molecule has 0 radical (unpaired) electrons. The minimum absolute atomic E-state index is 0.0279. The van der Waals surface area contributed by atoms with E-state index in [4.69, 9.17) is 11.6 Å². The first kappa shape index (κ1) is 15.3. The van der Waals surface area contributed by atoms with Crippen molar-refractivity contribution in [2.75, 3.05) is 5.32 Å². The van der Waals surface area contributed by atoms with Crippen molar-refractivity contribution in [1.29, 1.82) is 0 Å². The molecule has 2 rings (SSSR count). The molecule has 0 saturated carbocycles. The maximum Gasteiger partial charge on any atom is 0.271 e. The summed E-state index contributed by atoms with van der Waals surface area (Å²) >= 11 is 6.03. The lowest BCUT2D eigenvalue weighted by Crippen LogP contribution is -2.18. The summed E-state index contributed by atoms with van der Waals surface area (Å²) in [5.41, 5.74) is 1.31. The van der Waals surface area contributed by atoms with Gasteiger partial charge in [0.25, 0.3) is 5.69 Å². The van der Waals surface area contributed by atoms with E-state index >= 15 is 0 Å². The highest BCUT2D eigenvalue weighted by Crippen LogP contribution is 2.27. The Morgan fingerprint density at radius 3 is 2.76 bits per heavy atom. The number of anilines is 1.